The van der Waals surface area contributed by atoms with Crippen molar-refractivity contribution in [1.29, 1.82) is 0 Å². The van der Waals surface area contributed by atoms with Crippen molar-refractivity contribution >= 4 is 0 Å². The maximum atomic E-state index is 2.56. The molecule has 0 bridgehead atoms. The standard InChI is InChI=1S/C88H62/c1-87(2)81-43-19-18-42-79(81)85-82(87)46-47-83-86(85)80-45-44-72(63-32-16-7-17-33-63)58-84(80)88(83,77-54-73(68-38-20-34-64(48-68)59-24-8-3-9-25-59)52-74(55-77)69-39-21-35-65(49-69)60-26-10-4-11-27-60)78-56-75(70-40-22-36-66(50-70)61-28-12-5-13-29-61)53-76(57-78)71-41-23-37-67(51-71)62-30-14-6-15-31-62/h3-58H,1-2H3. The lowest BCUT2D eigenvalue weighted by Crippen LogP contribution is -2.29. The van der Waals surface area contributed by atoms with Crippen LogP contribution in [-0.4, -0.2) is 0 Å². The van der Waals surface area contributed by atoms with E-state index in [1.807, 2.05) is 0 Å². The normalized spacial score (nSPS) is 13.1. The van der Waals surface area contributed by atoms with Crippen LogP contribution >= 0.6 is 0 Å². The van der Waals surface area contributed by atoms with Gasteiger partial charge in [0, 0.05) is 5.41 Å². The maximum absolute atomic E-state index is 2.56. The van der Waals surface area contributed by atoms with E-state index >= 15 is 0 Å². The highest BCUT2D eigenvalue weighted by atomic mass is 14.5. The van der Waals surface area contributed by atoms with E-state index in [9.17, 15) is 0 Å². The molecule has 0 nitrogen and oxygen atoms in total. The van der Waals surface area contributed by atoms with Gasteiger partial charge in [0.05, 0.1) is 5.41 Å². The van der Waals surface area contributed by atoms with E-state index < -0.39 is 5.41 Å². The fourth-order valence-electron chi connectivity index (χ4n) is 14.6. The molecule has 2 aliphatic carbocycles. The van der Waals surface area contributed by atoms with Gasteiger partial charge in [-0.05, 0) is 223 Å². The average molecular weight is 1120 g/mol. The molecular formula is C88H62. The van der Waals surface area contributed by atoms with Gasteiger partial charge in [-0.25, -0.2) is 0 Å². The van der Waals surface area contributed by atoms with E-state index in [0.29, 0.717) is 0 Å². The number of hydrogen-bond acceptors (Lipinski definition) is 0. The highest BCUT2D eigenvalue weighted by Crippen LogP contribution is 2.64. The molecule has 16 rings (SSSR count). The van der Waals surface area contributed by atoms with Crippen molar-refractivity contribution in [2.24, 2.45) is 0 Å². The van der Waals surface area contributed by atoms with Crippen molar-refractivity contribution in [3.05, 3.63) is 373 Å². The van der Waals surface area contributed by atoms with Gasteiger partial charge in [0.2, 0.25) is 0 Å². The molecule has 14 aromatic carbocycles. The van der Waals surface area contributed by atoms with E-state index in [2.05, 4.69) is 354 Å². The first-order valence-electron chi connectivity index (χ1n) is 30.8. The molecule has 14 aromatic rings. The zero-order valence-electron chi connectivity index (χ0n) is 49.3. The molecule has 0 saturated heterocycles. The van der Waals surface area contributed by atoms with Crippen LogP contribution in [0.2, 0.25) is 0 Å². The van der Waals surface area contributed by atoms with Crippen LogP contribution in [0.25, 0.3) is 122 Å². The minimum Gasteiger partial charge on any atom is -0.0622 e. The Morgan fingerprint density at radius 3 is 0.818 bits per heavy atom. The van der Waals surface area contributed by atoms with Gasteiger partial charge in [0.25, 0.3) is 0 Å². The second kappa shape index (κ2) is 21.5. The monoisotopic (exact) mass is 1120 g/mol. The molecule has 0 fully saturated rings. The highest BCUT2D eigenvalue weighted by molar-refractivity contribution is 6.02. The van der Waals surface area contributed by atoms with E-state index in [1.165, 1.54) is 111 Å². The summed E-state index contributed by atoms with van der Waals surface area (Å²) in [6.07, 6.45) is 0. The van der Waals surface area contributed by atoms with Crippen LogP contribution in [0.3, 0.4) is 0 Å². The van der Waals surface area contributed by atoms with Gasteiger partial charge in [-0.2, -0.15) is 0 Å². The molecule has 0 radical (unpaired) electrons. The lowest BCUT2D eigenvalue weighted by molar-refractivity contribution is 0.659. The Hall–Kier alpha value is -10.9. The number of fused-ring (bicyclic) bond motifs is 7. The van der Waals surface area contributed by atoms with Crippen LogP contribution in [0.1, 0.15) is 47.2 Å². The Labute approximate surface area is 517 Å². The van der Waals surface area contributed by atoms with Crippen LogP contribution in [0.5, 0.6) is 0 Å². The molecule has 0 saturated carbocycles. The summed E-state index contributed by atoms with van der Waals surface area (Å²) in [5, 5.41) is 0. The molecule has 0 atom stereocenters. The quantitative estimate of drug-likeness (QED) is 0.121. The Bertz CT molecular complexity index is 4540. The molecule has 0 amide bonds. The van der Waals surface area contributed by atoms with Gasteiger partial charge in [-0.15, -0.1) is 0 Å². The first-order chi connectivity index (χ1) is 43.3. The largest absolute Gasteiger partial charge is 0.0714 e. The van der Waals surface area contributed by atoms with Crippen molar-refractivity contribution < 1.29 is 0 Å². The zero-order chi connectivity index (χ0) is 58.8. The van der Waals surface area contributed by atoms with Crippen molar-refractivity contribution in [2.45, 2.75) is 24.7 Å². The summed E-state index contributed by atoms with van der Waals surface area (Å²) in [7, 11) is 0. The van der Waals surface area contributed by atoms with Crippen molar-refractivity contribution in [3.8, 4) is 122 Å². The van der Waals surface area contributed by atoms with Crippen molar-refractivity contribution in [3.63, 3.8) is 0 Å². The van der Waals surface area contributed by atoms with E-state index in [1.54, 1.807) is 0 Å². The molecule has 414 valence electrons. The molecular weight excluding hydrogens is 1060 g/mol. The Kier molecular flexibility index (Phi) is 12.9. The molecule has 0 spiro atoms. The third-order valence-electron chi connectivity index (χ3n) is 18.9. The Morgan fingerprint density at radius 2 is 0.443 bits per heavy atom. The number of benzene rings is 14. The molecule has 2 aliphatic rings. The average Bonchev–Trinajstić information content (AvgIpc) is 1.51. The fourth-order valence-corrected chi connectivity index (χ4v) is 14.6. The van der Waals surface area contributed by atoms with Gasteiger partial charge in [0.15, 0.2) is 0 Å². The lowest BCUT2D eigenvalue weighted by atomic mass is 9.65. The summed E-state index contributed by atoms with van der Waals surface area (Å²) < 4.78 is 0. The molecule has 0 unspecified atom stereocenters. The molecule has 0 heterocycles. The summed E-state index contributed by atoms with van der Waals surface area (Å²) in [5.74, 6) is 0. The summed E-state index contributed by atoms with van der Waals surface area (Å²) in [6, 6.07) is 128. The molecule has 0 aliphatic heterocycles. The van der Waals surface area contributed by atoms with Gasteiger partial charge in [-0.1, -0.05) is 287 Å². The minimum atomic E-state index is -0.899. The summed E-state index contributed by atoms with van der Waals surface area (Å²) in [4.78, 5) is 0. The summed E-state index contributed by atoms with van der Waals surface area (Å²) in [6.45, 7) is 4.83. The highest BCUT2D eigenvalue weighted by Gasteiger charge is 2.50. The van der Waals surface area contributed by atoms with Crippen LogP contribution in [0.15, 0.2) is 340 Å². The summed E-state index contributed by atoms with van der Waals surface area (Å²) in [5.41, 5.74) is 32.8. The smallest absolute Gasteiger partial charge is 0.0622 e. The van der Waals surface area contributed by atoms with Crippen LogP contribution < -0.4 is 0 Å². The second-order valence-corrected chi connectivity index (χ2v) is 24.3. The third kappa shape index (κ3) is 8.99. The summed E-state index contributed by atoms with van der Waals surface area (Å²) >= 11 is 0. The Balaban J connectivity index is 1.06. The predicted molar refractivity (Wildman–Crippen MR) is 370 cm³/mol. The molecule has 88 heavy (non-hydrogen) atoms. The maximum Gasteiger partial charge on any atom is 0.0714 e. The first kappa shape index (κ1) is 52.6. The van der Waals surface area contributed by atoms with Gasteiger partial charge < -0.3 is 0 Å². The zero-order valence-corrected chi connectivity index (χ0v) is 49.3. The van der Waals surface area contributed by atoms with Crippen molar-refractivity contribution in [2.75, 3.05) is 0 Å². The van der Waals surface area contributed by atoms with Crippen LogP contribution in [0, 0.1) is 0 Å². The topological polar surface area (TPSA) is 0 Å². The van der Waals surface area contributed by atoms with Crippen LogP contribution in [-0.2, 0) is 10.8 Å². The minimum absolute atomic E-state index is 0.225. The second-order valence-electron chi connectivity index (χ2n) is 24.3. The van der Waals surface area contributed by atoms with E-state index in [4.69, 9.17) is 0 Å². The molecule has 0 aromatic heterocycles. The van der Waals surface area contributed by atoms with Gasteiger partial charge in [-0.3, -0.25) is 0 Å². The van der Waals surface area contributed by atoms with Crippen LogP contribution in [0.4, 0.5) is 0 Å². The van der Waals surface area contributed by atoms with Crippen molar-refractivity contribution in [1.82, 2.24) is 0 Å². The molecule has 0 N–H and O–H groups in total. The third-order valence-corrected chi connectivity index (χ3v) is 18.9. The van der Waals surface area contributed by atoms with E-state index in [-0.39, 0.29) is 5.41 Å². The fraction of sp³-hybridized carbons (Fsp3) is 0.0455. The van der Waals surface area contributed by atoms with Gasteiger partial charge >= 0.3 is 0 Å². The SMILES string of the molecule is CC1(C)c2ccccc2-c2c1ccc1c2-c2ccc(-c3ccccc3)cc2C1(c1cc(-c2cccc(-c3ccccc3)c2)cc(-c2cccc(-c3ccccc3)c2)c1)c1cc(-c2cccc(-c3ccccc3)c2)cc(-c2cccc(-c3ccccc3)c2)c1. The first-order valence-corrected chi connectivity index (χ1v) is 30.8. The lowest BCUT2D eigenvalue weighted by Gasteiger charge is -2.36. The number of rotatable bonds is 11. The van der Waals surface area contributed by atoms with Gasteiger partial charge in [0.1, 0.15) is 0 Å². The number of hydrogen-bond donors (Lipinski definition) is 0. The Morgan fingerprint density at radius 1 is 0.170 bits per heavy atom. The molecule has 0 heteroatoms. The predicted octanol–water partition coefficient (Wildman–Crippen LogP) is 23.4. The van der Waals surface area contributed by atoms with E-state index in [0.717, 1.165) is 44.5 Å².